The van der Waals surface area contributed by atoms with Crippen molar-refractivity contribution in [3.05, 3.63) is 12.7 Å². The summed E-state index contributed by atoms with van der Waals surface area (Å²) in [6.07, 6.45) is -15.4. The third-order valence-electron chi connectivity index (χ3n) is 8.24. The quantitative estimate of drug-likeness (QED) is 0.0346. The molecular weight excluding hydrogens is 899 g/mol. The van der Waals surface area contributed by atoms with Crippen LogP contribution in [0.1, 0.15) is 26.5 Å². The van der Waals surface area contributed by atoms with Crippen LogP contribution in [0, 0.1) is 5.41 Å². The molecule has 3 rings (SSSR count). The number of thioether (sulfide) groups is 1. The summed E-state index contributed by atoms with van der Waals surface area (Å²) in [7, 11) is -16.5. The average molecular weight is 946 g/mol. The van der Waals surface area contributed by atoms with Gasteiger partial charge in [0.25, 0.3) is 0 Å². The zero-order valence-electron chi connectivity index (χ0n) is 31.3. The van der Waals surface area contributed by atoms with Gasteiger partial charge in [0.15, 0.2) is 23.8 Å². The predicted octanol–water partition coefficient (Wildman–Crippen LogP) is -4.90. The predicted molar refractivity (Wildman–Crippen MR) is 198 cm³/mol. The second-order valence-corrected chi connectivity index (χ2v) is 18.7. The molecule has 0 bridgehead atoms. The Balaban J connectivity index is 1.46. The minimum atomic E-state index is -5.62. The van der Waals surface area contributed by atoms with Gasteiger partial charge in [-0.05, 0) is 0 Å². The Hall–Kier alpha value is -2.64. The van der Waals surface area contributed by atoms with Crippen molar-refractivity contribution in [1.82, 2.24) is 30.2 Å². The van der Waals surface area contributed by atoms with Crippen molar-refractivity contribution < 1.29 is 106 Å². The summed E-state index contributed by atoms with van der Waals surface area (Å²) in [6, 6.07) is 0. The van der Waals surface area contributed by atoms with Gasteiger partial charge in [-0.3, -0.25) is 32.5 Å². The Bertz CT molecular complexity index is 1940. The van der Waals surface area contributed by atoms with Crippen molar-refractivity contribution >= 4 is 69.1 Å². The number of nitrogen functional groups attached to an aromatic ring is 1. The molecule has 11 unspecified atom stereocenters. The summed E-state index contributed by atoms with van der Waals surface area (Å²) < 4.78 is 61.9. The van der Waals surface area contributed by atoms with Crippen LogP contribution in [0.15, 0.2) is 12.7 Å². The zero-order valence-corrected chi connectivity index (χ0v) is 34.8. The summed E-state index contributed by atoms with van der Waals surface area (Å²) in [5.41, 5.74) is 4.12. The lowest BCUT2D eigenvalue weighted by molar-refractivity contribution is -0.139. The van der Waals surface area contributed by atoms with Gasteiger partial charge in [-0.25, -0.2) is 28.6 Å². The van der Waals surface area contributed by atoms with Gasteiger partial charge in [0.1, 0.15) is 54.6 Å². The van der Waals surface area contributed by atoms with Gasteiger partial charge in [0.05, 0.1) is 26.1 Å². The monoisotopic (exact) mass is 945 g/mol. The van der Waals surface area contributed by atoms with Crippen LogP contribution in [0.4, 0.5) is 5.82 Å². The van der Waals surface area contributed by atoms with Gasteiger partial charge < -0.3 is 76.4 Å². The maximum absolute atomic E-state index is 12.7. The first kappa shape index (κ1) is 51.7. The van der Waals surface area contributed by atoms with Crippen LogP contribution >= 0.6 is 35.2 Å². The molecule has 60 heavy (non-hydrogen) atoms. The summed E-state index contributed by atoms with van der Waals surface area (Å²) in [4.78, 5) is 87.5. The van der Waals surface area contributed by atoms with Crippen LogP contribution in [-0.2, 0) is 50.7 Å². The van der Waals surface area contributed by atoms with E-state index in [-0.39, 0.29) is 42.2 Å². The molecule has 0 radical (unpaired) electrons. The number of nitrogens with two attached hydrogens (primary N) is 1. The van der Waals surface area contributed by atoms with Crippen molar-refractivity contribution in [2.75, 3.05) is 44.4 Å². The number of rotatable bonds is 24. The van der Waals surface area contributed by atoms with E-state index in [0.29, 0.717) is 11.8 Å². The first-order chi connectivity index (χ1) is 27.7. The topological polar surface area (TPSA) is 465 Å². The Morgan fingerprint density at radius 1 is 0.983 bits per heavy atom. The molecule has 0 saturated carbocycles. The van der Waals surface area contributed by atoms with Crippen LogP contribution in [0.2, 0.25) is 0 Å². The van der Waals surface area contributed by atoms with E-state index < -0.39 is 121 Å². The summed E-state index contributed by atoms with van der Waals surface area (Å²) in [6.45, 7) is -1.15. The van der Waals surface area contributed by atoms with E-state index in [1.165, 1.54) is 13.8 Å². The molecule has 0 aromatic carbocycles. The fraction of sp³-hybridized carbons (Fsp3) is 0.704. The molecular formula is C27H46N7O22P3S. The van der Waals surface area contributed by atoms with E-state index in [0.717, 1.165) is 17.2 Å². The number of anilines is 1. The largest absolute Gasteiger partial charge is 0.481 e. The van der Waals surface area contributed by atoms with Gasteiger partial charge in [-0.1, -0.05) is 25.6 Å². The number of imidazole rings is 1. The SMILES string of the molecule is CC(C)(COP(=O)(O)OP(=O)(O)OCC1OC(n2cnc3c(N)ncnc32)C(O)C1OP(=O)(O)O)C(O)C(=O)NCCC(=O)NCCSC(=O)C(O)C(O)C(O)C(O)CO. The van der Waals surface area contributed by atoms with Gasteiger partial charge in [0, 0.05) is 30.7 Å². The van der Waals surface area contributed by atoms with E-state index in [1.54, 1.807) is 0 Å². The van der Waals surface area contributed by atoms with E-state index in [2.05, 4.69) is 34.4 Å². The van der Waals surface area contributed by atoms with Crippen molar-refractivity contribution in [3.63, 3.8) is 0 Å². The molecule has 1 aliphatic rings. The number of nitrogens with zero attached hydrogens (tertiary/aromatic N) is 4. The normalized spacial score (nSPS) is 23.2. The highest BCUT2D eigenvalue weighted by Crippen LogP contribution is 2.61. The van der Waals surface area contributed by atoms with Gasteiger partial charge >= 0.3 is 23.5 Å². The number of carbonyl (C=O) groups is 3. The molecule has 0 aliphatic carbocycles. The minimum absolute atomic E-state index is 0.00577. The highest BCUT2D eigenvalue weighted by Gasteiger charge is 2.50. The number of aliphatic hydroxyl groups excluding tert-OH is 7. The van der Waals surface area contributed by atoms with Crippen LogP contribution in [0.5, 0.6) is 0 Å². The van der Waals surface area contributed by atoms with E-state index in [1.807, 2.05) is 0 Å². The second-order valence-electron chi connectivity index (χ2n) is 13.4. The molecule has 3 heterocycles. The number of phosphoric ester groups is 3. The first-order valence-corrected chi connectivity index (χ1v) is 22.6. The number of aromatic nitrogens is 4. The third kappa shape index (κ3) is 14.7. The van der Waals surface area contributed by atoms with Crippen molar-refractivity contribution in [2.45, 2.75) is 75.3 Å². The number of hydrogen-bond donors (Lipinski definition) is 14. The number of aliphatic hydroxyl groups is 7. The lowest BCUT2D eigenvalue weighted by Gasteiger charge is -2.30. The molecule has 15 N–H and O–H groups in total. The van der Waals surface area contributed by atoms with Gasteiger partial charge in [0.2, 0.25) is 16.9 Å². The zero-order chi connectivity index (χ0) is 45.4. The Morgan fingerprint density at radius 2 is 1.63 bits per heavy atom. The molecule has 11 atom stereocenters. The summed E-state index contributed by atoms with van der Waals surface area (Å²) in [5.74, 6) is -1.88. The maximum atomic E-state index is 12.7. The minimum Gasteiger partial charge on any atom is -0.394 e. The highest BCUT2D eigenvalue weighted by molar-refractivity contribution is 8.13. The van der Waals surface area contributed by atoms with Crippen LogP contribution in [0.25, 0.3) is 11.2 Å². The van der Waals surface area contributed by atoms with Gasteiger partial charge in [-0.15, -0.1) is 0 Å². The number of fused-ring (bicyclic) bond motifs is 1. The van der Waals surface area contributed by atoms with Crippen molar-refractivity contribution in [1.29, 1.82) is 0 Å². The number of nitrogens with one attached hydrogen (secondary N) is 2. The fourth-order valence-corrected chi connectivity index (χ4v) is 8.57. The van der Waals surface area contributed by atoms with Crippen LogP contribution < -0.4 is 16.4 Å². The molecule has 1 saturated heterocycles. The Labute approximate surface area is 342 Å². The Kier molecular flexibility index (Phi) is 18.6. The number of carbonyl (C=O) groups excluding carboxylic acids is 3. The van der Waals surface area contributed by atoms with Crippen molar-refractivity contribution in [3.8, 4) is 0 Å². The molecule has 33 heteroatoms. The number of hydrogen-bond acceptors (Lipinski definition) is 23. The molecule has 0 spiro atoms. The summed E-state index contributed by atoms with van der Waals surface area (Å²) >= 11 is 0.478. The molecule has 29 nitrogen and oxygen atoms in total. The number of ether oxygens (including phenoxy) is 1. The molecule has 342 valence electrons. The standard InChI is InChI=1S/C27H46N7O22P3S/c1-27(2,21(42)24(43)30-4-3-14(37)29-5-6-60-26(44)18(40)17(39)16(38)12(36)7-35)9-53-59(50,51)56-58(48,49)52-8-13-20(55-57(45,46)47)19(41)25(54-13)34-11-33-15-22(28)31-10-32-23(15)34/h10-13,16-21,25,35-36,38-42H,3-9H2,1-2H3,(H,29,37)(H,30,43)(H,48,49)(H,50,51)(H2,28,31,32)(H2,45,46,47). The van der Waals surface area contributed by atoms with E-state index in [4.69, 9.17) is 24.6 Å². The number of amides is 2. The molecule has 1 aliphatic heterocycles. The molecule has 2 aromatic rings. The van der Waals surface area contributed by atoms with E-state index >= 15 is 0 Å². The van der Waals surface area contributed by atoms with Gasteiger partial charge in [-0.2, -0.15) is 4.31 Å². The fourth-order valence-electron chi connectivity index (χ4n) is 5.03. The maximum Gasteiger partial charge on any atom is 0.481 e. The molecule has 1 fully saturated rings. The lowest BCUT2D eigenvalue weighted by Crippen LogP contribution is -2.48. The second kappa shape index (κ2) is 21.6. The molecule has 2 aromatic heterocycles. The van der Waals surface area contributed by atoms with E-state index in [9.17, 15) is 78.3 Å². The van der Waals surface area contributed by atoms with Crippen LogP contribution in [-0.4, -0.2) is 179 Å². The first-order valence-electron chi connectivity index (χ1n) is 17.1. The lowest BCUT2D eigenvalue weighted by atomic mass is 9.87. The summed E-state index contributed by atoms with van der Waals surface area (Å²) in [5, 5.41) is 72.4. The molecule has 2 amide bonds. The third-order valence-corrected chi connectivity index (χ3v) is 12.3. The Morgan fingerprint density at radius 3 is 2.27 bits per heavy atom. The van der Waals surface area contributed by atoms with Crippen LogP contribution in [0.3, 0.4) is 0 Å². The number of phosphoric acid groups is 3. The smallest absolute Gasteiger partial charge is 0.394 e. The average Bonchev–Trinajstić information content (AvgIpc) is 3.73. The highest BCUT2D eigenvalue weighted by atomic mass is 32.2. The van der Waals surface area contributed by atoms with Crippen molar-refractivity contribution in [2.24, 2.45) is 5.41 Å².